The maximum atomic E-state index is 12.6. The van der Waals surface area contributed by atoms with E-state index in [9.17, 15) is 18.0 Å². The third-order valence-corrected chi connectivity index (χ3v) is 5.15. The van der Waals surface area contributed by atoms with Crippen molar-refractivity contribution in [1.82, 2.24) is 15.0 Å². The van der Waals surface area contributed by atoms with Gasteiger partial charge in [-0.3, -0.25) is 9.69 Å². The van der Waals surface area contributed by atoms with Gasteiger partial charge in [-0.15, -0.1) is 13.2 Å². The number of hydrogen-bond acceptors (Lipinski definition) is 6. The standard InChI is InChI=1S/C22H21F3N4O3/c23-22(24,25)31-18-8-4-7-17(13-18)26-21(30)16-9-11-29(12-10-16)14-19-27-20(28-32-19)15-5-2-1-3-6-15/h1-8,13,16H,9-12,14H2,(H,26,30). The van der Waals surface area contributed by atoms with Crippen molar-refractivity contribution in [2.45, 2.75) is 25.7 Å². The van der Waals surface area contributed by atoms with Gasteiger partial charge in [-0.25, -0.2) is 0 Å². The molecule has 1 aliphatic rings. The van der Waals surface area contributed by atoms with Gasteiger partial charge in [0, 0.05) is 23.2 Å². The van der Waals surface area contributed by atoms with E-state index >= 15 is 0 Å². The van der Waals surface area contributed by atoms with Crippen LogP contribution in [0.3, 0.4) is 0 Å². The molecule has 1 saturated heterocycles. The molecule has 0 radical (unpaired) electrons. The number of aromatic nitrogens is 2. The summed E-state index contributed by atoms with van der Waals surface area (Å²) in [5, 5.41) is 6.69. The van der Waals surface area contributed by atoms with Gasteiger partial charge < -0.3 is 14.6 Å². The third kappa shape index (κ3) is 5.85. The number of piperidine rings is 1. The second kappa shape index (κ2) is 9.39. The number of carbonyl (C=O) groups excluding carboxylic acids is 1. The van der Waals surface area contributed by atoms with Crippen LogP contribution in [0.25, 0.3) is 11.4 Å². The average molecular weight is 446 g/mol. The van der Waals surface area contributed by atoms with Crippen molar-refractivity contribution in [2.24, 2.45) is 5.92 Å². The van der Waals surface area contributed by atoms with E-state index in [-0.39, 0.29) is 23.3 Å². The van der Waals surface area contributed by atoms with Crippen LogP contribution in [0.2, 0.25) is 0 Å². The molecule has 2 aromatic carbocycles. The summed E-state index contributed by atoms with van der Waals surface area (Å²) in [6.45, 7) is 1.82. The van der Waals surface area contributed by atoms with E-state index in [2.05, 4.69) is 25.1 Å². The zero-order valence-corrected chi connectivity index (χ0v) is 17.0. The molecule has 4 rings (SSSR count). The molecule has 168 valence electrons. The summed E-state index contributed by atoms with van der Waals surface area (Å²) in [5.41, 5.74) is 1.14. The van der Waals surface area contributed by atoms with Crippen LogP contribution in [0.5, 0.6) is 5.75 Å². The summed E-state index contributed by atoms with van der Waals surface area (Å²) in [7, 11) is 0. The van der Waals surface area contributed by atoms with E-state index in [1.807, 2.05) is 30.3 Å². The summed E-state index contributed by atoms with van der Waals surface area (Å²) >= 11 is 0. The van der Waals surface area contributed by atoms with Gasteiger partial charge in [0.05, 0.1) is 6.54 Å². The van der Waals surface area contributed by atoms with E-state index in [0.29, 0.717) is 44.2 Å². The smallest absolute Gasteiger partial charge is 0.406 e. The van der Waals surface area contributed by atoms with E-state index in [4.69, 9.17) is 4.52 Å². The van der Waals surface area contributed by atoms with Crippen LogP contribution in [0.15, 0.2) is 59.1 Å². The number of rotatable bonds is 6. The second-order valence-electron chi connectivity index (χ2n) is 7.49. The number of anilines is 1. The number of halogens is 3. The van der Waals surface area contributed by atoms with Crippen LogP contribution in [0, 0.1) is 5.92 Å². The van der Waals surface area contributed by atoms with Crippen LogP contribution < -0.4 is 10.1 Å². The number of amides is 1. The Balaban J connectivity index is 1.27. The minimum Gasteiger partial charge on any atom is -0.406 e. The van der Waals surface area contributed by atoms with Crippen molar-refractivity contribution in [3.63, 3.8) is 0 Å². The summed E-state index contributed by atoms with van der Waals surface area (Å²) in [6, 6.07) is 14.8. The topological polar surface area (TPSA) is 80.5 Å². The van der Waals surface area contributed by atoms with Gasteiger partial charge in [-0.2, -0.15) is 4.98 Å². The van der Waals surface area contributed by atoms with Crippen LogP contribution in [0.1, 0.15) is 18.7 Å². The number of nitrogens with zero attached hydrogens (tertiary/aromatic N) is 3. The Morgan fingerprint density at radius 2 is 1.88 bits per heavy atom. The average Bonchev–Trinajstić information content (AvgIpc) is 3.22. The summed E-state index contributed by atoms with van der Waals surface area (Å²) < 4.78 is 46.4. The molecular weight excluding hydrogens is 425 g/mol. The number of hydrogen-bond donors (Lipinski definition) is 1. The third-order valence-electron chi connectivity index (χ3n) is 5.15. The van der Waals surface area contributed by atoms with Gasteiger partial charge in [0.2, 0.25) is 17.6 Å². The Bertz CT molecular complexity index is 1050. The predicted molar refractivity (Wildman–Crippen MR) is 109 cm³/mol. The molecule has 0 unspecified atom stereocenters. The van der Waals surface area contributed by atoms with E-state index in [1.165, 1.54) is 18.2 Å². The van der Waals surface area contributed by atoms with Crippen LogP contribution in [-0.2, 0) is 11.3 Å². The lowest BCUT2D eigenvalue weighted by atomic mass is 9.96. The fourth-order valence-electron chi connectivity index (χ4n) is 3.58. The maximum absolute atomic E-state index is 12.6. The monoisotopic (exact) mass is 446 g/mol. The predicted octanol–water partition coefficient (Wildman–Crippen LogP) is 4.49. The van der Waals surface area contributed by atoms with Gasteiger partial charge in [-0.05, 0) is 38.1 Å². The van der Waals surface area contributed by atoms with Gasteiger partial charge in [0.1, 0.15) is 5.75 Å². The molecule has 1 aliphatic heterocycles. The largest absolute Gasteiger partial charge is 0.573 e. The lowest BCUT2D eigenvalue weighted by Gasteiger charge is -2.30. The quantitative estimate of drug-likeness (QED) is 0.601. The van der Waals surface area contributed by atoms with Crippen molar-refractivity contribution in [2.75, 3.05) is 18.4 Å². The number of alkyl halides is 3. The minimum atomic E-state index is -4.78. The van der Waals surface area contributed by atoms with Gasteiger partial charge in [0.25, 0.3) is 0 Å². The molecule has 10 heteroatoms. The lowest BCUT2D eigenvalue weighted by molar-refractivity contribution is -0.274. The first-order chi connectivity index (χ1) is 15.4. The van der Waals surface area contributed by atoms with Gasteiger partial charge >= 0.3 is 6.36 Å². The van der Waals surface area contributed by atoms with Gasteiger partial charge in [-0.1, -0.05) is 41.6 Å². The fraction of sp³-hybridized carbons (Fsp3) is 0.318. The van der Waals surface area contributed by atoms with Crippen molar-refractivity contribution in [3.05, 3.63) is 60.5 Å². The highest BCUT2D eigenvalue weighted by molar-refractivity contribution is 5.92. The molecular formula is C22H21F3N4O3. The highest BCUT2D eigenvalue weighted by atomic mass is 19.4. The van der Waals surface area contributed by atoms with Crippen LogP contribution in [-0.4, -0.2) is 40.4 Å². The Hall–Kier alpha value is -3.40. The molecule has 0 saturated carbocycles. The Morgan fingerprint density at radius 3 is 2.59 bits per heavy atom. The Morgan fingerprint density at radius 1 is 1.12 bits per heavy atom. The molecule has 0 atom stereocenters. The van der Waals surface area contributed by atoms with Crippen molar-refractivity contribution in [1.29, 1.82) is 0 Å². The number of benzene rings is 2. The van der Waals surface area contributed by atoms with E-state index < -0.39 is 6.36 Å². The molecule has 1 N–H and O–H groups in total. The van der Waals surface area contributed by atoms with Crippen LogP contribution >= 0.6 is 0 Å². The molecule has 2 heterocycles. The Labute approximate surface area is 182 Å². The molecule has 1 aromatic heterocycles. The fourth-order valence-corrected chi connectivity index (χ4v) is 3.58. The molecule has 0 spiro atoms. The van der Waals surface area contributed by atoms with Crippen molar-refractivity contribution >= 4 is 11.6 Å². The maximum Gasteiger partial charge on any atom is 0.573 e. The number of carbonyl (C=O) groups is 1. The molecule has 32 heavy (non-hydrogen) atoms. The highest BCUT2D eigenvalue weighted by Gasteiger charge is 2.31. The van der Waals surface area contributed by atoms with Crippen molar-refractivity contribution < 1.29 is 27.2 Å². The molecule has 1 fully saturated rings. The van der Waals surface area contributed by atoms with E-state index in [1.54, 1.807) is 0 Å². The minimum absolute atomic E-state index is 0.224. The normalized spacial score (nSPS) is 15.5. The van der Waals surface area contributed by atoms with E-state index in [0.717, 1.165) is 11.6 Å². The Kier molecular flexibility index (Phi) is 6.40. The number of nitrogens with one attached hydrogen (secondary N) is 1. The summed E-state index contributed by atoms with van der Waals surface area (Å²) in [6.07, 6.45) is -3.55. The van der Waals surface area contributed by atoms with Crippen molar-refractivity contribution in [3.8, 4) is 17.1 Å². The molecule has 1 amide bonds. The molecule has 0 bridgehead atoms. The molecule has 7 nitrogen and oxygen atoms in total. The zero-order valence-electron chi connectivity index (χ0n) is 17.0. The zero-order chi connectivity index (χ0) is 22.6. The SMILES string of the molecule is O=C(Nc1cccc(OC(F)(F)F)c1)C1CCN(Cc2nc(-c3ccccc3)no2)CC1. The molecule has 0 aliphatic carbocycles. The molecule has 3 aromatic rings. The lowest BCUT2D eigenvalue weighted by Crippen LogP contribution is -2.37. The highest BCUT2D eigenvalue weighted by Crippen LogP contribution is 2.26. The number of likely N-dealkylation sites (tertiary alicyclic amines) is 1. The van der Waals surface area contributed by atoms with Gasteiger partial charge in [0.15, 0.2) is 0 Å². The first-order valence-electron chi connectivity index (χ1n) is 10.1. The second-order valence-corrected chi connectivity index (χ2v) is 7.49. The first-order valence-corrected chi connectivity index (χ1v) is 10.1. The summed E-state index contributed by atoms with van der Waals surface area (Å²) in [5.74, 6) is 0.207. The number of ether oxygens (including phenoxy) is 1. The summed E-state index contributed by atoms with van der Waals surface area (Å²) in [4.78, 5) is 19.1. The first kappa shape index (κ1) is 21.8. The van der Waals surface area contributed by atoms with Crippen LogP contribution in [0.4, 0.5) is 18.9 Å².